The van der Waals surface area contributed by atoms with Crippen molar-refractivity contribution in [3.05, 3.63) is 35.4 Å². The van der Waals surface area contributed by atoms with E-state index in [1.807, 2.05) is 11.8 Å². The van der Waals surface area contributed by atoms with E-state index in [1.54, 1.807) is 0 Å². The lowest BCUT2D eigenvalue weighted by atomic mass is 10.1. The van der Waals surface area contributed by atoms with E-state index >= 15 is 0 Å². The van der Waals surface area contributed by atoms with Crippen molar-refractivity contribution in [2.45, 2.75) is 32.1 Å². The Hall–Kier alpha value is -1.08. The Bertz CT molecular complexity index is 581. The summed E-state index contributed by atoms with van der Waals surface area (Å²) in [5.41, 5.74) is 0.0897. The maximum Gasteiger partial charge on any atom is 0.416 e. The van der Waals surface area contributed by atoms with Gasteiger partial charge in [0.05, 0.1) is 17.1 Å². The second-order valence-corrected chi connectivity index (χ2v) is 7.54. The lowest BCUT2D eigenvalue weighted by Gasteiger charge is -2.26. The van der Waals surface area contributed by atoms with Crippen molar-refractivity contribution in [3.8, 4) is 0 Å². The van der Waals surface area contributed by atoms with Crippen LogP contribution < -0.4 is 0 Å². The van der Waals surface area contributed by atoms with Crippen LogP contribution in [0.3, 0.4) is 0 Å². The van der Waals surface area contributed by atoms with Gasteiger partial charge in [-0.1, -0.05) is 19.1 Å². The minimum absolute atomic E-state index is 0.0395. The maximum atomic E-state index is 12.5. The van der Waals surface area contributed by atoms with Gasteiger partial charge in [0.2, 0.25) is 0 Å². The molecule has 0 saturated carbocycles. The highest BCUT2D eigenvalue weighted by molar-refractivity contribution is 7.91. The lowest BCUT2D eigenvalue weighted by molar-refractivity contribution is -0.137. The Kier molecular flexibility index (Phi) is 4.63. The molecule has 0 N–H and O–H groups in total. The molecular formula is C14H18F3NO2S. The van der Waals surface area contributed by atoms with Gasteiger partial charge in [-0.05, 0) is 30.7 Å². The van der Waals surface area contributed by atoms with Gasteiger partial charge in [0.15, 0.2) is 9.84 Å². The standard InChI is InChI=1S/C14H18F3NO2S/c1-2-18(13-7-8-21(19,20)10-13)9-11-3-5-12(6-4-11)14(15,16)17/h3-6,13H,2,7-10H2,1H3/t13-/m0/s1. The highest BCUT2D eigenvalue weighted by atomic mass is 32.2. The van der Waals surface area contributed by atoms with Crippen LogP contribution in [0, 0.1) is 0 Å². The fourth-order valence-electron chi connectivity index (χ4n) is 2.60. The number of sulfone groups is 1. The number of benzene rings is 1. The van der Waals surface area contributed by atoms with E-state index in [2.05, 4.69) is 0 Å². The van der Waals surface area contributed by atoms with Gasteiger partial charge in [-0.3, -0.25) is 4.90 Å². The van der Waals surface area contributed by atoms with Crippen LogP contribution in [0.4, 0.5) is 13.2 Å². The first-order valence-electron chi connectivity index (χ1n) is 6.82. The quantitative estimate of drug-likeness (QED) is 0.856. The van der Waals surface area contributed by atoms with Crippen molar-refractivity contribution in [2.75, 3.05) is 18.1 Å². The summed E-state index contributed by atoms with van der Waals surface area (Å²) < 4.78 is 60.5. The van der Waals surface area contributed by atoms with Crippen LogP contribution in [0.5, 0.6) is 0 Å². The number of halogens is 3. The van der Waals surface area contributed by atoms with Gasteiger partial charge < -0.3 is 0 Å². The first-order chi connectivity index (χ1) is 9.71. The van der Waals surface area contributed by atoms with Crippen LogP contribution in [-0.4, -0.2) is 37.4 Å². The summed E-state index contributed by atoms with van der Waals surface area (Å²) in [5.74, 6) is 0.336. The topological polar surface area (TPSA) is 37.4 Å². The molecule has 0 bridgehead atoms. The smallest absolute Gasteiger partial charge is 0.295 e. The molecule has 1 fully saturated rings. The van der Waals surface area contributed by atoms with Crippen LogP contribution >= 0.6 is 0 Å². The van der Waals surface area contributed by atoms with Gasteiger partial charge in [-0.2, -0.15) is 13.2 Å². The molecule has 0 aliphatic carbocycles. The Labute approximate surface area is 122 Å². The minimum Gasteiger partial charge on any atom is -0.295 e. The highest BCUT2D eigenvalue weighted by Crippen LogP contribution is 2.29. The molecule has 0 spiro atoms. The minimum atomic E-state index is -4.33. The van der Waals surface area contributed by atoms with E-state index in [0.29, 0.717) is 19.5 Å². The molecule has 0 amide bonds. The van der Waals surface area contributed by atoms with Gasteiger partial charge in [0.25, 0.3) is 0 Å². The van der Waals surface area contributed by atoms with Crippen LogP contribution in [0.1, 0.15) is 24.5 Å². The second kappa shape index (κ2) is 5.96. The summed E-state index contributed by atoms with van der Waals surface area (Å²) in [6.07, 6.45) is -3.74. The molecular weight excluding hydrogens is 303 g/mol. The molecule has 2 rings (SSSR count). The van der Waals surface area contributed by atoms with Crippen LogP contribution in [0.2, 0.25) is 0 Å². The van der Waals surface area contributed by atoms with Crippen molar-refractivity contribution >= 4 is 9.84 Å². The summed E-state index contributed by atoms with van der Waals surface area (Å²) >= 11 is 0. The molecule has 21 heavy (non-hydrogen) atoms. The SMILES string of the molecule is CCN(Cc1ccc(C(F)(F)F)cc1)[C@H]1CCS(=O)(=O)C1. The monoisotopic (exact) mass is 321 g/mol. The zero-order valence-corrected chi connectivity index (χ0v) is 12.5. The first kappa shape index (κ1) is 16.3. The van der Waals surface area contributed by atoms with Gasteiger partial charge >= 0.3 is 6.18 Å². The highest BCUT2D eigenvalue weighted by Gasteiger charge is 2.32. The van der Waals surface area contributed by atoms with E-state index in [1.165, 1.54) is 12.1 Å². The molecule has 1 aliphatic heterocycles. The molecule has 3 nitrogen and oxygen atoms in total. The number of rotatable bonds is 4. The van der Waals surface area contributed by atoms with Crippen molar-refractivity contribution in [1.29, 1.82) is 0 Å². The van der Waals surface area contributed by atoms with E-state index in [0.717, 1.165) is 17.7 Å². The van der Waals surface area contributed by atoms with Gasteiger partial charge in [0, 0.05) is 12.6 Å². The zero-order chi connectivity index (χ0) is 15.7. The number of hydrogen-bond acceptors (Lipinski definition) is 3. The molecule has 118 valence electrons. The normalized spacial score (nSPS) is 21.9. The Morgan fingerprint density at radius 3 is 2.29 bits per heavy atom. The predicted octanol–water partition coefficient (Wildman–Crippen LogP) is 2.71. The Morgan fingerprint density at radius 2 is 1.86 bits per heavy atom. The Balaban J connectivity index is 2.06. The van der Waals surface area contributed by atoms with Crippen molar-refractivity contribution in [1.82, 2.24) is 4.90 Å². The Morgan fingerprint density at radius 1 is 1.24 bits per heavy atom. The van der Waals surface area contributed by atoms with E-state index in [4.69, 9.17) is 0 Å². The van der Waals surface area contributed by atoms with Crippen LogP contribution in [-0.2, 0) is 22.6 Å². The second-order valence-electron chi connectivity index (χ2n) is 5.31. The zero-order valence-electron chi connectivity index (χ0n) is 11.7. The third kappa shape index (κ3) is 4.20. The van der Waals surface area contributed by atoms with E-state index in [9.17, 15) is 21.6 Å². The molecule has 0 aromatic heterocycles. The molecule has 1 aliphatic rings. The largest absolute Gasteiger partial charge is 0.416 e. The third-order valence-electron chi connectivity index (χ3n) is 3.80. The van der Waals surface area contributed by atoms with Crippen molar-refractivity contribution < 1.29 is 21.6 Å². The predicted molar refractivity (Wildman–Crippen MR) is 74.6 cm³/mol. The molecule has 1 heterocycles. The lowest BCUT2D eigenvalue weighted by Crippen LogP contribution is -2.35. The number of alkyl halides is 3. The van der Waals surface area contributed by atoms with Crippen molar-refractivity contribution in [3.63, 3.8) is 0 Å². The summed E-state index contributed by atoms with van der Waals surface area (Å²) in [7, 11) is -2.96. The summed E-state index contributed by atoms with van der Waals surface area (Å²) in [4.78, 5) is 2.01. The molecule has 1 aromatic carbocycles. The summed E-state index contributed by atoms with van der Waals surface area (Å²) in [5, 5.41) is 0. The maximum absolute atomic E-state index is 12.5. The van der Waals surface area contributed by atoms with Gasteiger partial charge in [-0.15, -0.1) is 0 Å². The number of nitrogens with zero attached hydrogens (tertiary/aromatic N) is 1. The van der Waals surface area contributed by atoms with E-state index in [-0.39, 0.29) is 17.5 Å². The number of hydrogen-bond donors (Lipinski definition) is 0. The fraction of sp³-hybridized carbons (Fsp3) is 0.571. The molecule has 7 heteroatoms. The van der Waals surface area contributed by atoms with Crippen LogP contribution in [0.15, 0.2) is 24.3 Å². The van der Waals surface area contributed by atoms with Crippen molar-refractivity contribution in [2.24, 2.45) is 0 Å². The molecule has 1 aromatic rings. The molecule has 0 radical (unpaired) electrons. The van der Waals surface area contributed by atoms with E-state index < -0.39 is 21.6 Å². The van der Waals surface area contributed by atoms with Crippen LogP contribution in [0.25, 0.3) is 0 Å². The molecule has 1 atom stereocenters. The fourth-order valence-corrected chi connectivity index (χ4v) is 4.36. The summed E-state index contributed by atoms with van der Waals surface area (Å²) in [6.45, 7) is 3.06. The first-order valence-corrected chi connectivity index (χ1v) is 8.64. The van der Waals surface area contributed by atoms with Gasteiger partial charge in [-0.25, -0.2) is 8.42 Å². The summed E-state index contributed by atoms with van der Waals surface area (Å²) in [6, 6.07) is 5.00. The third-order valence-corrected chi connectivity index (χ3v) is 5.55. The average Bonchev–Trinajstić information content (AvgIpc) is 2.75. The van der Waals surface area contributed by atoms with Gasteiger partial charge in [0.1, 0.15) is 0 Å². The molecule has 0 unspecified atom stereocenters. The average molecular weight is 321 g/mol. The molecule has 1 saturated heterocycles.